The molecule has 0 aromatic heterocycles. The fourth-order valence-electron chi connectivity index (χ4n) is 1.00. The minimum atomic E-state index is -0.352. The van der Waals surface area contributed by atoms with Gasteiger partial charge in [0.25, 0.3) is 0 Å². The zero-order valence-electron chi connectivity index (χ0n) is 7.41. The van der Waals surface area contributed by atoms with Crippen molar-refractivity contribution in [2.75, 3.05) is 14.2 Å². The first kappa shape index (κ1) is 9.22. The second kappa shape index (κ2) is 4.23. The number of nitrogens with zero attached hydrogens (tertiary/aromatic N) is 1. The van der Waals surface area contributed by atoms with Crippen molar-refractivity contribution >= 4 is 13.3 Å². The molecule has 12 heavy (non-hydrogen) atoms. The maximum atomic E-state index is 5.04. The van der Waals surface area contributed by atoms with Gasteiger partial charge >= 0.3 is 7.12 Å². The topological polar surface area (TPSA) is 30.8 Å². The third-order valence-electron chi connectivity index (χ3n) is 1.64. The lowest BCUT2D eigenvalue weighted by molar-refractivity contribution is 0.286. The van der Waals surface area contributed by atoms with Crippen LogP contribution < -0.4 is 0 Å². The van der Waals surface area contributed by atoms with Crippen LogP contribution in [0.25, 0.3) is 0 Å². The van der Waals surface area contributed by atoms with Gasteiger partial charge in [0.05, 0.1) is 5.60 Å². The highest BCUT2D eigenvalue weighted by atomic mass is 16.6. The molecule has 0 unspecified atom stereocenters. The third-order valence-corrected chi connectivity index (χ3v) is 1.64. The van der Waals surface area contributed by atoms with Gasteiger partial charge < -0.3 is 9.31 Å². The Kier molecular flexibility index (Phi) is 3.25. The van der Waals surface area contributed by atoms with Crippen molar-refractivity contribution < 1.29 is 9.31 Å². The minimum absolute atomic E-state index is 0.352. The Labute approximate surface area is 72.9 Å². The van der Waals surface area contributed by atoms with Gasteiger partial charge in [0.2, 0.25) is 0 Å². The number of allylic oxidation sites excluding steroid dienone is 2. The summed E-state index contributed by atoms with van der Waals surface area (Å²) in [5.74, 6) is 0. The van der Waals surface area contributed by atoms with E-state index >= 15 is 0 Å². The molecule has 1 aliphatic heterocycles. The molecule has 0 aliphatic carbocycles. The zero-order valence-corrected chi connectivity index (χ0v) is 7.41. The van der Waals surface area contributed by atoms with E-state index < -0.39 is 0 Å². The van der Waals surface area contributed by atoms with E-state index in [0.29, 0.717) is 0 Å². The van der Waals surface area contributed by atoms with Crippen LogP contribution in [0.15, 0.2) is 28.8 Å². The summed E-state index contributed by atoms with van der Waals surface area (Å²) in [5.41, 5.74) is 1.82. The molecule has 1 heterocycles. The molecule has 64 valence electrons. The maximum absolute atomic E-state index is 5.04. The highest BCUT2D eigenvalue weighted by Crippen LogP contribution is 2.13. The van der Waals surface area contributed by atoms with Crippen molar-refractivity contribution in [2.45, 2.75) is 6.42 Å². The number of hydrogen-bond acceptors (Lipinski definition) is 3. The number of rotatable bonds is 3. The molecule has 0 saturated heterocycles. The molecule has 0 bridgehead atoms. The molecule has 0 atom stereocenters. The maximum Gasteiger partial charge on any atom is 0.512 e. The van der Waals surface area contributed by atoms with E-state index in [1.807, 2.05) is 6.08 Å². The van der Waals surface area contributed by atoms with Crippen molar-refractivity contribution in [1.29, 1.82) is 0 Å². The van der Waals surface area contributed by atoms with E-state index in [-0.39, 0.29) is 7.12 Å². The summed E-state index contributed by atoms with van der Waals surface area (Å²) in [6, 6.07) is 0. The van der Waals surface area contributed by atoms with Gasteiger partial charge in [0.1, 0.15) is 0 Å². The van der Waals surface area contributed by atoms with Crippen molar-refractivity contribution in [2.24, 2.45) is 4.99 Å². The van der Waals surface area contributed by atoms with Crippen molar-refractivity contribution in [3.63, 3.8) is 0 Å². The molecule has 0 radical (unpaired) electrons. The summed E-state index contributed by atoms with van der Waals surface area (Å²) in [6.07, 6.45) is 4.52. The van der Waals surface area contributed by atoms with E-state index in [1.165, 1.54) is 0 Å². The van der Waals surface area contributed by atoms with Gasteiger partial charge in [-0.25, -0.2) is 0 Å². The monoisotopic (exact) mass is 165 g/mol. The highest BCUT2D eigenvalue weighted by molar-refractivity contribution is 6.53. The summed E-state index contributed by atoms with van der Waals surface area (Å²) in [5, 5.41) is 0. The normalized spacial score (nSPS) is 16.2. The first-order valence-corrected chi connectivity index (χ1v) is 3.75. The van der Waals surface area contributed by atoms with Crippen LogP contribution in [0.2, 0.25) is 0 Å². The van der Waals surface area contributed by atoms with E-state index in [9.17, 15) is 0 Å². The lowest BCUT2D eigenvalue weighted by atomic mass is 9.82. The Bertz CT molecular complexity index is 231. The predicted octanol–water partition coefficient (Wildman–Crippen LogP) is 1.22. The van der Waals surface area contributed by atoms with Gasteiger partial charge in [-0.05, 0) is 12.0 Å². The summed E-state index contributed by atoms with van der Waals surface area (Å²) in [7, 11) is 2.83. The second-order valence-electron chi connectivity index (χ2n) is 2.55. The fraction of sp³-hybridized carbons (Fsp3) is 0.375. The molecular formula is C8H12BNO2. The van der Waals surface area contributed by atoms with Crippen LogP contribution in [0, 0.1) is 0 Å². The van der Waals surface area contributed by atoms with Crippen LogP contribution in [0.3, 0.4) is 0 Å². The molecule has 0 saturated carbocycles. The Balaban J connectivity index is 2.64. The minimum Gasteiger partial charge on any atom is -0.409 e. The van der Waals surface area contributed by atoms with Crippen molar-refractivity contribution in [3.05, 3.63) is 23.8 Å². The lowest BCUT2D eigenvalue weighted by Gasteiger charge is -2.11. The van der Waals surface area contributed by atoms with E-state index in [4.69, 9.17) is 9.31 Å². The molecule has 0 fully saturated rings. The Morgan fingerprint density at radius 3 is 2.58 bits per heavy atom. The average molecular weight is 165 g/mol. The van der Waals surface area contributed by atoms with Gasteiger partial charge in [-0.15, -0.1) is 0 Å². The molecule has 1 rings (SSSR count). The predicted molar refractivity (Wildman–Crippen MR) is 50.1 cm³/mol. The molecule has 0 N–H and O–H groups in total. The molecule has 4 heteroatoms. The SMILES string of the molecule is C=C1C=NC(B(OC)OC)=CC1. The summed E-state index contributed by atoms with van der Waals surface area (Å²) >= 11 is 0. The largest absolute Gasteiger partial charge is 0.512 e. The van der Waals surface area contributed by atoms with Crippen LogP contribution in [0.5, 0.6) is 0 Å². The van der Waals surface area contributed by atoms with E-state index in [2.05, 4.69) is 11.6 Å². The van der Waals surface area contributed by atoms with Crippen LogP contribution in [-0.4, -0.2) is 27.6 Å². The molecular weight excluding hydrogens is 153 g/mol. The molecule has 0 aromatic carbocycles. The number of hydrogen-bond donors (Lipinski definition) is 0. The molecule has 3 nitrogen and oxygen atoms in total. The first-order chi connectivity index (χ1) is 5.77. The van der Waals surface area contributed by atoms with Gasteiger partial charge in [-0.1, -0.05) is 12.7 Å². The van der Waals surface area contributed by atoms with Gasteiger partial charge in [0.15, 0.2) is 0 Å². The fourth-order valence-corrected chi connectivity index (χ4v) is 1.00. The van der Waals surface area contributed by atoms with Crippen LogP contribution in [0.1, 0.15) is 6.42 Å². The van der Waals surface area contributed by atoms with Crippen molar-refractivity contribution in [3.8, 4) is 0 Å². The number of aliphatic imine (C=N–C) groups is 1. The molecule has 0 spiro atoms. The molecule has 0 aromatic rings. The summed E-state index contributed by atoms with van der Waals surface area (Å²) in [4.78, 5) is 4.14. The van der Waals surface area contributed by atoms with Crippen LogP contribution >= 0.6 is 0 Å². The Morgan fingerprint density at radius 1 is 1.50 bits per heavy atom. The average Bonchev–Trinajstić information content (AvgIpc) is 2.10. The van der Waals surface area contributed by atoms with E-state index in [1.54, 1.807) is 20.4 Å². The standard InChI is InChI=1S/C8H12BNO2/c1-7-4-5-8(10-6-7)9(11-2)12-3/h5-6H,1,4H2,2-3H3. The molecule has 0 amide bonds. The van der Waals surface area contributed by atoms with Crippen LogP contribution in [0.4, 0.5) is 0 Å². The Hall–Kier alpha value is -0.865. The van der Waals surface area contributed by atoms with E-state index in [0.717, 1.165) is 17.6 Å². The lowest BCUT2D eigenvalue weighted by Crippen LogP contribution is -2.22. The summed E-state index contributed by atoms with van der Waals surface area (Å²) < 4.78 is 10.1. The summed E-state index contributed by atoms with van der Waals surface area (Å²) in [6.45, 7) is 3.78. The first-order valence-electron chi connectivity index (χ1n) is 3.75. The smallest absolute Gasteiger partial charge is 0.409 e. The highest BCUT2D eigenvalue weighted by Gasteiger charge is 2.21. The quantitative estimate of drug-likeness (QED) is 0.588. The van der Waals surface area contributed by atoms with Gasteiger partial charge in [-0.2, -0.15) is 0 Å². The third kappa shape index (κ3) is 2.06. The second-order valence-corrected chi connectivity index (χ2v) is 2.55. The van der Waals surface area contributed by atoms with Gasteiger partial charge in [-0.3, -0.25) is 4.99 Å². The van der Waals surface area contributed by atoms with Gasteiger partial charge in [0, 0.05) is 20.4 Å². The van der Waals surface area contributed by atoms with Crippen LogP contribution in [-0.2, 0) is 9.31 Å². The zero-order chi connectivity index (χ0) is 8.97. The Morgan fingerprint density at radius 2 is 2.17 bits per heavy atom. The molecule has 1 aliphatic rings. The van der Waals surface area contributed by atoms with Crippen molar-refractivity contribution in [1.82, 2.24) is 0 Å².